The van der Waals surface area contributed by atoms with Crippen LogP contribution in [0.5, 0.6) is 0 Å². The summed E-state index contributed by atoms with van der Waals surface area (Å²) in [5, 5.41) is 0. The Labute approximate surface area is 119 Å². The van der Waals surface area contributed by atoms with Crippen molar-refractivity contribution in [2.75, 3.05) is 13.7 Å². The molecule has 1 rings (SSSR count). The molecule has 0 N–H and O–H groups in total. The Hall–Kier alpha value is -1.63. The summed E-state index contributed by atoms with van der Waals surface area (Å²) >= 11 is 0. The first-order valence-electron chi connectivity index (χ1n) is 6.16. The Kier molecular flexibility index (Phi) is 5.33. The Balaban J connectivity index is 2.79. The molecule has 0 fully saturated rings. The predicted octanol–water partition coefficient (Wildman–Crippen LogP) is 3.82. The summed E-state index contributed by atoms with van der Waals surface area (Å²) in [6.45, 7) is 3.42. The van der Waals surface area contributed by atoms with Gasteiger partial charge in [0.05, 0.1) is 23.3 Å². The van der Waals surface area contributed by atoms with Gasteiger partial charge in [0.1, 0.15) is 5.82 Å². The zero-order valence-corrected chi connectivity index (χ0v) is 11.9. The first-order valence-corrected chi connectivity index (χ1v) is 6.16. The van der Waals surface area contributed by atoms with Crippen molar-refractivity contribution < 1.29 is 31.8 Å². The third-order valence-electron chi connectivity index (χ3n) is 3.00. The molecule has 118 valence electrons. The van der Waals surface area contributed by atoms with Crippen molar-refractivity contribution in [1.29, 1.82) is 0 Å². The fourth-order valence-corrected chi connectivity index (χ4v) is 1.43. The van der Waals surface area contributed by atoms with Gasteiger partial charge in [-0.3, -0.25) is 0 Å². The van der Waals surface area contributed by atoms with Gasteiger partial charge in [-0.2, -0.15) is 13.2 Å². The van der Waals surface area contributed by atoms with Crippen LogP contribution in [0, 0.1) is 5.82 Å². The van der Waals surface area contributed by atoms with Crippen LogP contribution in [0.2, 0.25) is 0 Å². The van der Waals surface area contributed by atoms with Gasteiger partial charge in [0.2, 0.25) is 0 Å². The third-order valence-corrected chi connectivity index (χ3v) is 3.00. The first kappa shape index (κ1) is 17.4. The molecule has 3 nitrogen and oxygen atoms in total. The minimum atomic E-state index is -4.65. The quantitative estimate of drug-likeness (QED) is 0.613. The van der Waals surface area contributed by atoms with E-state index in [4.69, 9.17) is 9.47 Å². The van der Waals surface area contributed by atoms with E-state index in [0.29, 0.717) is 24.6 Å². The summed E-state index contributed by atoms with van der Waals surface area (Å²) in [5.74, 6) is -2.19. The second kappa shape index (κ2) is 6.43. The van der Waals surface area contributed by atoms with Gasteiger partial charge >= 0.3 is 12.1 Å². The lowest BCUT2D eigenvalue weighted by Crippen LogP contribution is -2.25. The molecule has 21 heavy (non-hydrogen) atoms. The SMILES string of the molecule is COC(C)(C)CCOC(=O)c1cc(C(F)(F)F)ccc1F. The number of carbonyl (C=O) groups excluding carboxylic acids is 1. The Morgan fingerprint density at radius 3 is 2.38 bits per heavy atom. The van der Waals surface area contributed by atoms with E-state index in [1.807, 2.05) is 0 Å². The maximum absolute atomic E-state index is 13.4. The van der Waals surface area contributed by atoms with Crippen molar-refractivity contribution in [2.45, 2.75) is 32.0 Å². The van der Waals surface area contributed by atoms with Gasteiger partial charge in [-0.1, -0.05) is 0 Å². The molecule has 0 unspecified atom stereocenters. The van der Waals surface area contributed by atoms with E-state index in [-0.39, 0.29) is 6.61 Å². The number of ether oxygens (including phenoxy) is 2. The number of methoxy groups -OCH3 is 1. The smallest absolute Gasteiger partial charge is 0.416 e. The largest absolute Gasteiger partial charge is 0.462 e. The molecule has 0 aliphatic rings. The lowest BCUT2D eigenvalue weighted by Gasteiger charge is -2.22. The fraction of sp³-hybridized carbons (Fsp3) is 0.500. The zero-order chi connectivity index (χ0) is 16.3. The number of hydrogen-bond acceptors (Lipinski definition) is 3. The normalized spacial score (nSPS) is 12.3. The fourth-order valence-electron chi connectivity index (χ4n) is 1.43. The third kappa shape index (κ3) is 5.00. The molecule has 1 aromatic rings. The molecule has 1 aromatic carbocycles. The molecule has 0 aliphatic carbocycles. The maximum Gasteiger partial charge on any atom is 0.416 e. The maximum atomic E-state index is 13.4. The van der Waals surface area contributed by atoms with Gasteiger partial charge in [0.15, 0.2) is 0 Å². The molecule has 0 aromatic heterocycles. The summed E-state index contributed by atoms with van der Waals surface area (Å²) < 4.78 is 60.9. The molecule has 0 bridgehead atoms. The molecule has 7 heteroatoms. The standard InChI is InChI=1S/C14H16F4O3/c1-13(2,20-3)6-7-21-12(19)10-8-9(14(16,17)18)4-5-11(10)15/h4-5,8H,6-7H2,1-3H3. The molecule has 0 amide bonds. The minimum Gasteiger partial charge on any atom is -0.462 e. The lowest BCUT2D eigenvalue weighted by atomic mass is 10.1. The predicted molar refractivity (Wildman–Crippen MR) is 67.4 cm³/mol. The molecule has 0 heterocycles. The van der Waals surface area contributed by atoms with E-state index < -0.39 is 34.7 Å². The number of benzene rings is 1. The van der Waals surface area contributed by atoms with Crippen LogP contribution in [-0.4, -0.2) is 25.3 Å². The van der Waals surface area contributed by atoms with Crippen LogP contribution in [0.4, 0.5) is 17.6 Å². The molecule has 0 radical (unpaired) electrons. The van der Waals surface area contributed by atoms with Crippen LogP contribution in [-0.2, 0) is 15.7 Å². The monoisotopic (exact) mass is 308 g/mol. The Morgan fingerprint density at radius 2 is 1.86 bits per heavy atom. The highest BCUT2D eigenvalue weighted by molar-refractivity contribution is 5.90. The Morgan fingerprint density at radius 1 is 1.24 bits per heavy atom. The lowest BCUT2D eigenvalue weighted by molar-refractivity contribution is -0.137. The van der Waals surface area contributed by atoms with Crippen molar-refractivity contribution in [1.82, 2.24) is 0 Å². The van der Waals surface area contributed by atoms with Gasteiger partial charge in [0.25, 0.3) is 0 Å². The van der Waals surface area contributed by atoms with Crippen LogP contribution in [0.3, 0.4) is 0 Å². The van der Waals surface area contributed by atoms with Crippen molar-refractivity contribution in [3.05, 3.63) is 35.1 Å². The number of halogens is 4. The van der Waals surface area contributed by atoms with Crippen LogP contribution in [0.1, 0.15) is 36.2 Å². The van der Waals surface area contributed by atoms with Crippen LogP contribution < -0.4 is 0 Å². The van der Waals surface area contributed by atoms with E-state index in [1.165, 1.54) is 7.11 Å². The van der Waals surface area contributed by atoms with E-state index in [2.05, 4.69) is 0 Å². The van der Waals surface area contributed by atoms with Crippen molar-refractivity contribution in [2.24, 2.45) is 0 Å². The molecule has 0 saturated heterocycles. The molecular weight excluding hydrogens is 292 g/mol. The second-order valence-corrected chi connectivity index (χ2v) is 5.04. The highest BCUT2D eigenvalue weighted by atomic mass is 19.4. The molecule has 0 spiro atoms. The van der Waals surface area contributed by atoms with Crippen LogP contribution in [0.25, 0.3) is 0 Å². The highest BCUT2D eigenvalue weighted by Gasteiger charge is 2.32. The summed E-state index contributed by atoms with van der Waals surface area (Å²) in [6, 6.07) is 1.61. The number of alkyl halides is 3. The Bertz CT molecular complexity index is 509. The molecular formula is C14H16F4O3. The van der Waals surface area contributed by atoms with Crippen LogP contribution in [0.15, 0.2) is 18.2 Å². The van der Waals surface area contributed by atoms with Gasteiger partial charge in [-0.25, -0.2) is 9.18 Å². The summed E-state index contributed by atoms with van der Waals surface area (Å²) in [7, 11) is 1.48. The van der Waals surface area contributed by atoms with Crippen molar-refractivity contribution in [3.8, 4) is 0 Å². The van der Waals surface area contributed by atoms with Gasteiger partial charge < -0.3 is 9.47 Å². The summed E-state index contributed by atoms with van der Waals surface area (Å²) in [5.41, 5.74) is -2.39. The van der Waals surface area contributed by atoms with Crippen molar-refractivity contribution >= 4 is 5.97 Å². The van der Waals surface area contributed by atoms with Crippen molar-refractivity contribution in [3.63, 3.8) is 0 Å². The first-order chi connectivity index (χ1) is 9.57. The number of rotatable bonds is 5. The number of esters is 1. The minimum absolute atomic E-state index is 0.0879. The second-order valence-electron chi connectivity index (χ2n) is 5.04. The van der Waals surface area contributed by atoms with Gasteiger partial charge in [-0.15, -0.1) is 0 Å². The molecule has 0 atom stereocenters. The van der Waals surface area contributed by atoms with Gasteiger partial charge in [0, 0.05) is 13.5 Å². The average Bonchev–Trinajstić information content (AvgIpc) is 2.37. The zero-order valence-electron chi connectivity index (χ0n) is 11.9. The highest BCUT2D eigenvalue weighted by Crippen LogP contribution is 2.30. The summed E-state index contributed by atoms with van der Waals surface area (Å²) in [6.07, 6.45) is -4.32. The molecule has 0 saturated carbocycles. The topological polar surface area (TPSA) is 35.5 Å². The molecule has 0 aliphatic heterocycles. The van der Waals surface area contributed by atoms with Gasteiger partial charge in [-0.05, 0) is 32.0 Å². The average molecular weight is 308 g/mol. The van der Waals surface area contributed by atoms with E-state index >= 15 is 0 Å². The number of carbonyl (C=O) groups is 1. The van der Waals surface area contributed by atoms with Crippen LogP contribution >= 0.6 is 0 Å². The number of hydrogen-bond donors (Lipinski definition) is 0. The van der Waals surface area contributed by atoms with E-state index in [9.17, 15) is 22.4 Å². The summed E-state index contributed by atoms with van der Waals surface area (Å²) in [4.78, 5) is 11.6. The van der Waals surface area contributed by atoms with E-state index in [0.717, 1.165) is 0 Å². The van der Waals surface area contributed by atoms with E-state index in [1.54, 1.807) is 13.8 Å².